The van der Waals surface area contributed by atoms with Crippen molar-refractivity contribution in [3.8, 4) is 0 Å². The van der Waals surface area contributed by atoms with E-state index in [9.17, 15) is 22.8 Å². The number of carbonyl (C=O) groups is 2. The molecule has 3 rings (SSSR count). The third kappa shape index (κ3) is 4.27. The molecule has 1 aliphatic heterocycles. The molecule has 0 aliphatic carbocycles. The first kappa shape index (κ1) is 19.7. The molecule has 1 saturated heterocycles. The van der Waals surface area contributed by atoms with E-state index < -0.39 is 23.7 Å². The Kier molecular flexibility index (Phi) is 5.31. The zero-order chi connectivity index (χ0) is 20.5. The number of amides is 2. The van der Waals surface area contributed by atoms with Crippen LogP contribution in [0, 0.1) is 6.92 Å². The molecule has 2 amide bonds. The number of rotatable bonds is 4. The number of nitrogens with one attached hydrogen (secondary N) is 1. The maximum Gasteiger partial charge on any atom is 0.416 e. The number of carbonyl (C=O) groups excluding carboxylic acids is 2. The maximum atomic E-state index is 13.2. The molecule has 1 heterocycles. The molecule has 1 atom stereocenters. The topological polar surface area (TPSA) is 75.4 Å². The molecule has 5 nitrogen and oxygen atoms in total. The van der Waals surface area contributed by atoms with Crippen molar-refractivity contribution in [3.63, 3.8) is 0 Å². The van der Waals surface area contributed by atoms with E-state index in [1.807, 2.05) is 6.92 Å². The Hall–Kier alpha value is -3.03. The average Bonchev–Trinajstić information content (AvgIpc) is 2.95. The van der Waals surface area contributed by atoms with E-state index in [0.29, 0.717) is 11.3 Å². The zero-order valence-corrected chi connectivity index (χ0v) is 15.2. The molecule has 8 heteroatoms. The minimum atomic E-state index is -4.49. The lowest BCUT2D eigenvalue weighted by Crippen LogP contribution is -2.37. The van der Waals surface area contributed by atoms with Crippen LogP contribution in [0.25, 0.3) is 0 Å². The van der Waals surface area contributed by atoms with Crippen LogP contribution in [-0.4, -0.2) is 29.3 Å². The molecule has 0 aromatic heterocycles. The van der Waals surface area contributed by atoms with Crippen LogP contribution in [0.2, 0.25) is 0 Å². The van der Waals surface area contributed by atoms with Gasteiger partial charge in [-0.2, -0.15) is 13.2 Å². The van der Waals surface area contributed by atoms with Gasteiger partial charge in [0.25, 0.3) is 5.91 Å². The monoisotopic (exact) mass is 391 g/mol. The second-order valence-electron chi connectivity index (χ2n) is 6.89. The Morgan fingerprint density at radius 1 is 1.25 bits per heavy atom. The number of benzene rings is 2. The zero-order valence-electron chi connectivity index (χ0n) is 15.2. The van der Waals surface area contributed by atoms with E-state index >= 15 is 0 Å². The molecular formula is C20H20F3N3O2. The largest absolute Gasteiger partial charge is 0.416 e. The molecule has 1 aliphatic rings. The van der Waals surface area contributed by atoms with Gasteiger partial charge in [0.15, 0.2) is 0 Å². The van der Waals surface area contributed by atoms with Crippen LogP contribution in [0.15, 0.2) is 42.5 Å². The van der Waals surface area contributed by atoms with Crippen molar-refractivity contribution in [3.05, 3.63) is 64.7 Å². The summed E-state index contributed by atoms with van der Waals surface area (Å²) in [5.41, 5.74) is 6.60. The van der Waals surface area contributed by atoms with Crippen LogP contribution < -0.4 is 11.1 Å². The molecule has 0 saturated carbocycles. The van der Waals surface area contributed by atoms with E-state index in [2.05, 4.69) is 5.32 Å². The summed E-state index contributed by atoms with van der Waals surface area (Å²) in [6.07, 6.45) is -4.46. The number of alkyl halides is 3. The summed E-state index contributed by atoms with van der Waals surface area (Å²) in [5, 5.41) is 2.75. The van der Waals surface area contributed by atoms with Crippen molar-refractivity contribution in [1.29, 1.82) is 0 Å². The second-order valence-corrected chi connectivity index (χ2v) is 6.89. The van der Waals surface area contributed by atoms with Gasteiger partial charge >= 0.3 is 6.18 Å². The van der Waals surface area contributed by atoms with Crippen molar-refractivity contribution in [2.75, 3.05) is 12.3 Å². The first-order valence-electron chi connectivity index (χ1n) is 8.75. The fourth-order valence-corrected chi connectivity index (χ4v) is 3.29. The van der Waals surface area contributed by atoms with Crippen LogP contribution >= 0.6 is 0 Å². The normalized spacial score (nSPS) is 17.1. The molecule has 28 heavy (non-hydrogen) atoms. The summed E-state index contributed by atoms with van der Waals surface area (Å²) < 4.78 is 39.5. The summed E-state index contributed by atoms with van der Waals surface area (Å²) in [4.78, 5) is 26.0. The third-order valence-corrected chi connectivity index (χ3v) is 4.69. The van der Waals surface area contributed by atoms with Gasteiger partial charge in [-0.05, 0) is 30.7 Å². The predicted molar refractivity (Wildman–Crippen MR) is 98.3 cm³/mol. The van der Waals surface area contributed by atoms with Gasteiger partial charge in [0, 0.05) is 25.2 Å². The first-order chi connectivity index (χ1) is 13.1. The molecule has 2 aromatic rings. The van der Waals surface area contributed by atoms with Crippen LogP contribution in [0.1, 0.15) is 33.5 Å². The van der Waals surface area contributed by atoms with Crippen LogP contribution in [0.3, 0.4) is 0 Å². The highest BCUT2D eigenvalue weighted by atomic mass is 19.4. The molecule has 0 bridgehead atoms. The Morgan fingerprint density at radius 2 is 1.96 bits per heavy atom. The SMILES string of the molecule is Cc1ccc(N)c(C(=O)NC2CC(=O)N(Cc3ccccc3C(F)(F)F)C2)c1. The Bertz CT molecular complexity index is 912. The Balaban J connectivity index is 1.69. The van der Waals surface area contributed by atoms with Gasteiger partial charge in [0.1, 0.15) is 0 Å². The minimum Gasteiger partial charge on any atom is -0.398 e. The second kappa shape index (κ2) is 7.53. The number of likely N-dealkylation sites (tertiary alicyclic amines) is 1. The third-order valence-electron chi connectivity index (χ3n) is 4.69. The molecule has 148 valence electrons. The molecule has 0 radical (unpaired) electrons. The molecule has 3 N–H and O–H groups in total. The minimum absolute atomic E-state index is 0.0262. The molecule has 1 unspecified atom stereocenters. The van der Waals surface area contributed by atoms with E-state index in [1.54, 1.807) is 18.2 Å². The van der Waals surface area contributed by atoms with Gasteiger partial charge < -0.3 is 16.0 Å². The highest BCUT2D eigenvalue weighted by molar-refractivity contribution is 5.99. The van der Waals surface area contributed by atoms with Crippen molar-refractivity contribution in [2.24, 2.45) is 0 Å². The number of halogens is 3. The predicted octanol–water partition coefficient (Wildman–Crippen LogP) is 3.13. The van der Waals surface area contributed by atoms with Gasteiger partial charge in [-0.1, -0.05) is 29.8 Å². The van der Waals surface area contributed by atoms with Gasteiger partial charge in [0.2, 0.25) is 5.91 Å². The van der Waals surface area contributed by atoms with Crippen molar-refractivity contribution in [1.82, 2.24) is 10.2 Å². The number of nitrogens with two attached hydrogens (primary N) is 1. The number of aryl methyl sites for hydroxylation is 1. The highest BCUT2D eigenvalue weighted by Crippen LogP contribution is 2.33. The summed E-state index contributed by atoms with van der Waals surface area (Å²) in [6.45, 7) is 1.81. The smallest absolute Gasteiger partial charge is 0.398 e. The Labute approximate surface area is 160 Å². The lowest BCUT2D eigenvalue weighted by molar-refractivity contribution is -0.139. The first-order valence-corrected chi connectivity index (χ1v) is 8.75. The standard InChI is InChI=1S/C20H20F3N3O2/c1-12-6-7-17(24)15(8-12)19(28)25-14-9-18(27)26(11-14)10-13-4-2-3-5-16(13)20(21,22)23/h2-8,14H,9-11,24H2,1H3,(H,25,28). The van der Waals surface area contributed by atoms with Crippen molar-refractivity contribution in [2.45, 2.75) is 32.1 Å². The van der Waals surface area contributed by atoms with E-state index in [0.717, 1.165) is 11.6 Å². The van der Waals surface area contributed by atoms with E-state index in [-0.39, 0.29) is 31.0 Å². The van der Waals surface area contributed by atoms with Gasteiger partial charge in [-0.15, -0.1) is 0 Å². The fourth-order valence-electron chi connectivity index (χ4n) is 3.29. The number of hydrogen-bond donors (Lipinski definition) is 2. The number of nitrogens with zero attached hydrogens (tertiary/aromatic N) is 1. The van der Waals surface area contributed by atoms with Crippen LogP contribution in [-0.2, 0) is 17.5 Å². The molecular weight excluding hydrogens is 371 g/mol. The quantitative estimate of drug-likeness (QED) is 0.787. The van der Waals surface area contributed by atoms with Gasteiger partial charge in [0.05, 0.1) is 17.2 Å². The van der Waals surface area contributed by atoms with E-state index in [4.69, 9.17) is 5.73 Å². The van der Waals surface area contributed by atoms with Gasteiger partial charge in [-0.3, -0.25) is 9.59 Å². The van der Waals surface area contributed by atoms with Crippen LogP contribution in [0.4, 0.5) is 18.9 Å². The maximum absolute atomic E-state index is 13.2. The lowest BCUT2D eigenvalue weighted by atomic mass is 10.1. The number of hydrogen-bond acceptors (Lipinski definition) is 3. The summed E-state index contributed by atoms with van der Waals surface area (Å²) in [5.74, 6) is -0.712. The summed E-state index contributed by atoms with van der Waals surface area (Å²) in [7, 11) is 0. The lowest BCUT2D eigenvalue weighted by Gasteiger charge is -2.20. The summed E-state index contributed by atoms with van der Waals surface area (Å²) >= 11 is 0. The van der Waals surface area contributed by atoms with Crippen molar-refractivity contribution < 1.29 is 22.8 Å². The fraction of sp³-hybridized carbons (Fsp3) is 0.300. The highest BCUT2D eigenvalue weighted by Gasteiger charge is 2.36. The summed E-state index contributed by atoms with van der Waals surface area (Å²) in [6, 6.07) is 9.75. The molecule has 1 fully saturated rings. The van der Waals surface area contributed by atoms with E-state index in [1.165, 1.54) is 23.1 Å². The van der Waals surface area contributed by atoms with Gasteiger partial charge in [-0.25, -0.2) is 0 Å². The Morgan fingerprint density at radius 3 is 2.68 bits per heavy atom. The molecule has 0 spiro atoms. The average molecular weight is 391 g/mol. The number of nitrogen functional groups attached to an aromatic ring is 1. The van der Waals surface area contributed by atoms with Crippen molar-refractivity contribution >= 4 is 17.5 Å². The molecule has 2 aromatic carbocycles. The van der Waals surface area contributed by atoms with Crippen LogP contribution in [0.5, 0.6) is 0 Å². The number of anilines is 1.